The normalized spacial score (nSPS) is 19.1. The van der Waals surface area contributed by atoms with Crippen LogP contribution in [0.3, 0.4) is 0 Å². The first-order chi connectivity index (χ1) is 7.92. The fourth-order valence-electron chi connectivity index (χ4n) is 1.71. The van der Waals surface area contributed by atoms with Crippen LogP contribution in [0.1, 0.15) is 0 Å². The third kappa shape index (κ3) is 2.32. The molecule has 0 bridgehead atoms. The van der Waals surface area contributed by atoms with Crippen LogP contribution in [0.25, 0.3) is 11.1 Å². The van der Waals surface area contributed by atoms with Gasteiger partial charge in [0.15, 0.2) is 0 Å². The topological polar surface area (TPSA) is 12.5 Å². The Bertz CT molecular complexity index is 460. The number of benzene rings is 2. The molecule has 2 aromatic carbocycles. The molecule has 1 aliphatic heterocycles. The molecule has 1 heterocycles. The largest absolute Gasteiger partial charge is 0.368 e. The van der Waals surface area contributed by atoms with Gasteiger partial charge in [-0.25, -0.2) is 0 Å². The Hall–Kier alpha value is -1.17. The molecular formula is C14H13OP. The van der Waals surface area contributed by atoms with Crippen molar-refractivity contribution in [3.05, 3.63) is 54.6 Å². The summed E-state index contributed by atoms with van der Waals surface area (Å²) < 4.78 is 5.24. The lowest BCUT2D eigenvalue weighted by atomic mass is 10.1. The van der Waals surface area contributed by atoms with Gasteiger partial charge in [0.1, 0.15) is 5.85 Å². The maximum Gasteiger partial charge on any atom is 0.101 e. The summed E-state index contributed by atoms with van der Waals surface area (Å²) in [6.07, 6.45) is 0. The molecule has 1 nitrogen and oxygen atoms in total. The Morgan fingerprint density at radius 3 is 2.12 bits per heavy atom. The van der Waals surface area contributed by atoms with E-state index in [-0.39, 0.29) is 0 Å². The second kappa shape index (κ2) is 4.37. The van der Waals surface area contributed by atoms with Gasteiger partial charge in [0, 0.05) is 0 Å². The summed E-state index contributed by atoms with van der Waals surface area (Å²) in [5, 5.41) is 1.39. The Morgan fingerprint density at radius 1 is 0.875 bits per heavy atom. The van der Waals surface area contributed by atoms with Gasteiger partial charge in [-0.15, -0.1) is 0 Å². The Labute approximate surface area is 97.2 Å². The van der Waals surface area contributed by atoms with Crippen molar-refractivity contribution in [2.24, 2.45) is 0 Å². The van der Waals surface area contributed by atoms with E-state index in [1.54, 1.807) is 0 Å². The minimum atomic E-state index is 0.502. The summed E-state index contributed by atoms with van der Waals surface area (Å²) in [7, 11) is 0.804. The lowest BCUT2D eigenvalue weighted by Gasteiger charge is -2.03. The van der Waals surface area contributed by atoms with E-state index in [9.17, 15) is 0 Å². The van der Waals surface area contributed by atoms with Crippen LogP contribution in [0.2, 0.25) is 0 Å². The maximum atomic E-state index is 5.24. The lowest BCUT2D eigenvalue weighted by Crippen LogP contribution is -1.94. The molecule has 1 fully saturated rings. The van der Waals surface area contributed by atoms with E-state index >= 15 is 0 Å². The molecule has 2 heteroatoms. The van der Waals surface area contributed by atoms with Gasteiger partial charge in [0.05, 0.1) is 6.61 Å². The average Bonchev–Trinajstić information content (AvgIpc) is 3.15. The van der Waals surface area contributed by atoms with Gasteiger partial charge >= 0.3 is 0 Å². The number of epoxide rings is 1. The molecule has 2 aromatic rings. The predicted molar refractivity (Wildman–Crippen MR) is 69.6 cm³/mol. The molecule has 0 aliphatic carbocycles. The Kier molecular flexibility index (Phi) is 2.73. The SMILES string of the molecule is c1ccc(-c2ccc(P[C@H]3CO3)cc2)cc1. The number of hydrogen-bond donors (Lipinski definition) is 0. The molecule has 0 radical (unpaired) electrons. The summed E-state index contributed by atoms with van der Waals surface area (Å²) in [6, 6.07) is 19.3. The zero-order valence-electron chi connectivity index (χ0n) is 8.89. The number of ether oxygens (including phenoxy) is 1. The zero-order chi connectivity index (χ0) is 10.8. The molecule has 80 valence electrons. The smallest absolute Gasteiger partial charge is 0.101 e. The highest BCUT2D eigenvalue weighted by molar-refractivity contribution is 7.48. The van der Waals surface area contributed by atoms with Gasteiger partial charge in [-0.1, -0.05) is 63.2 Å². The van der Waals surface area contributed by atoms with Crippen molar-refractivity contribution in [3.8, 4) is 11.1 Å². The van der Waals surface area contributed by atoms with Crippen molar-refractivity contribution >= 4 is 13.9 Å². The molecule has 1 aliphatic rings. The van der Waals surface area contributed by atoms with Crippen molar-refractivity contribution in [1.29, 1.82) is 0 Å². The monoisotopic (exact) mass is 228 g/mol. The van der Waals surface area contributed by atoms with Gasteiger partial charge in [-0.05, 0) is 16.4 Å². The summed E-state index contributed by atoms with van der Waals surface area (Å²) in [6.45, 7) is 0.943. The minimum Gasteiger partial charge on any atom is -0.368 e. The van der Waals surface area contributed by atoms with Crippen LogP contribution in [0.4, 0.5) is 0 Å². The van der Waals surface area contributed by atoms with Gasteiger partial charge in [0.2, 0.25) is 0 Å². The van der Waals surface area contributed by atoms with Crippen LogP contribution in [0, 0.1) is 0 Å². The van der Waals surface area contributed by atoms with Gasteiger partial charge in [-0.2, -0.15) is 0 Å². The van der Waals surface area contributed by atoms with Crippen LogP contribution in [-0.2, 0) is 4.74 Å². The fourth-order valence-corrected chi connectivity index (χ4v) is 2.70. The van der Waals surface area contributed by atoms with Crippen LogP contribution in [0.5, 0.6) is 0 Å². The van der Waals surface area contributed by atoms with E-state index in [1.807, 2.05) is 6.07 Å². The van der Waals surface area contributed by atoms with Crippen LogP contribution < -0.4 is 5.30 Å². The van der Waals surface area contributed by atoms with E-state index < -0.39 is 0 Å². The number of hydrogen-bond acceptors (Lipinski definition) is 1. The summed E-state index contributed by atoms with van der Waals surface area (Å²) in [4.78, 5) is 0. The first-order valence-electron chi connectivity index (χ1n) is 5.45. The molecule has 3 rings (SSSR count). The second-order valence-corrected chi connectivity index (χ2v) is 5.42. The molecular weight excluding hydrogens is 215 g/mol. The van der Waals surface area contributed by atoms with Crippen molar-refractivity contribution in [2.45, 2.75) is 5.85 Å². The van der Waals surface area contributed by atoms with E-state index in [1.165, 1.54) is 16.4 Å². The molecule has 0 amide bonds. The van der Waals surface area contributed by atoms with E-state index in [4.69, 9.17) is 4.74 Å². The molecule has 2 atom stereocenters. The molecule has 0 spiro atoms. The molecule has 0 saturated carbocycles. The highest BCUT2D eigenvalue weighted by Gasteiger charge is 2.22. The van der Waals surface area contributed by atoms with Crippen LogP contribution in [-0.4, -0.2) is 12.5 Å². The quantitative estimate of drug-likeness (QED) is 0.581. The van der Waals surface area contributed by atoms with E-state index in [0.29, 0.717) is 5.85 Å². The van der Waals surface area contributed by atoms with Crippen LogP contribution in [0.15, 0.2) is 54.6 Å². The average molecular weight is 228 g/mol. The highest BCUT2D eigenvalue weighted by atomic mass is 31.1. The molecule has 1 saturated heterocycles. The molecule has 0 N–H and O–H groups in total. The lowest BCUT2D eigenvalue weighted by molar-refractivity contribution is 0.459. The number of rotatable bonds is 3. The van der Waals surface area contributed by atoms with Crippen molar-refractivity contribution < 1.29 is 4.74 Å². The summed E-state index contributed by atoms with van der Waals surface area (Å²) in [5.41, 5.74) is 2.56. The summed E-state index contributed by atoms with van der Waals surface area (Å²) in [5.74, 6) is 0.502. The second-order valence-electron chi connectivity index (χ2n) is 3.91. The first-order valence-corrected chi connectivity index (χ1v) is 6.53. The molecule has 0 aromatic heterocycles. The van der Waals surface area contributed by atoms with Gasteiger partial charge in [-0.3, -0.25) is 0 Å². The van der Waals surface area contributed by atoms with Crippen molar-refractivity contribution in [3.63, 3.8) is 0 Å². The van der Waals surface area contributed by atoms with E-state index in [2.05, 4.69) is 48.5 Å². The van der Waals surface area contributed by atoms with Gasteiger partial charge < -0.3 is 4.74 Å². The highest BCUT2D eigenvalue weighted by Crippen LogP contribution is 2.30. The standard InChI is InChI=1S/C14H13OP/c1-2-4-11(5-3-1)12-6-8-13(9-7-12)16-14-10-15-14/h1-9,14,16H,10H2/t14-/m0/s1. The predicted octanol–water partition coefficient (Wildman–Crippen LogP) is 3.01. The third-order valence-corrected chi connectivity index (χ3v) is 3.97. The van der Waals surface area contributed by atoms with Crippen molar-refractivity contribution in [1.82, 2.24) is 0 Å². The third-order valence-electron chi connectivity index (χ3n) is 2.65. The fraction of sp³-hybridized carbons (Fsp3) is 0.143. The molecule has 16 heavy (non-hydrogen) atoms. The van der Waals surface area contributed by atoms with Crippen molar-refractivity contribution in [2.75, 3.05) is 6.61 Å². The molecule has 1 unspecified atom stereocenters. The first kappa shape index (κ1) is 10.0. The Morgan fingerprint density at radius 2 is 1.50 bits per heavy atom. The van der Waals surface area contributed by atoms with Gasteiger partial charge in [0.25, 0.3) is 0 Å². The Balaban J connectivity index is 1.81. The minimum absolute atomic E-state index is 0.502. The maximum absolute atomic E-state index is 5.24. The zero-order valence-corrected chi connectivity index (χ0v) is 9.89. The van der Waals surface area contributed by atoms with E-state index in [0.717, 1.165) is 15.2 Å². The summed E-state index contributed by atoms with van der Waals surface area (Å²) >= 11 is 0. The van der Waals surface area contributed by atoms with Crippen LogP contribution >= 0.6 is 8.58 Å².